The van der Waals surface area contributed by atoms with E-state index in [9.17, 15) is 4.79 Å². The molecule has 0 saturated carbocycles. The molecule has 1 heterocycles. The van der Waals surface area contributed by atoms with E-state index in [0.29, 0.717) is 31.1 Å². The molecule has 2 N–H and O–H groups in total. The second-order valence-corrected chi connectivity index (χ2v) is 6.43. The molecule has 142 valence electrons. The maximum atomic E-state index is 12.6. The van der Waals surface area contributed by atoms with Gasteiger partial charge in [-0.05, 0) is 29.8 Å². The number of ether oxygens (including phenoxy) is 2. The van der Waals surface area contributed by atoms with E-state index in [1.165, 1.54) is 0 Å². The summed E-state index contributed by atoms with van der Waals surface area (Å²) in [5, 5.41) is 11.5. The van der Waals surface area contributed by atoms with E-state index in [-0.39, 0.29) is 19.1 Å². The number of aliphatic hydroxyl groups is 1. The molecule has 2 aromatic carbocycles. The van der Waals surface area contributed by atoms with Gasteiger partial charge in [0.25, 0.3) is 5.91 Å². The minimum atomic E-state index is -0.971. The third-order valence-corrected chi connectivity index (χ3v) is 4.42. The van der Waals surface area contributed by atoms with Crippen molar-refractivity contribution in [3.63, 3.8) is 0 Å². The highest BCUT2D eigenvalue weighted by atomic mass is 16.5. The van der Waals surface area contributed by atoms with Crippen molar-refractivity contribution in [2.75, 3.05) is 26.9 Å². The Kier molecular flexibility index (Phi) is 6.08. The summed E-state index contributed by atoms with van der Waals surface area (Å²) >= 11 is 0. The van der Waals surface area contributed by atoms with E-state index in [1.807, 2.05) is 54.6 Å². The highest BCUT2D eigenvalue weighted by Crippen LogP contribution is 2.27. The van der Waals surface area contributed by atoms with Crippen LogP contribution in [-0.2, 0) is 16.0 Å². The maximum absolute atomic E-state index is 12.6. The van der Waals surface area contributed by atoms with Crippen molar-refractivity contribution in [3.05, 3.63) is 65.7 Å². The number of hydrogen-bond donors (Lipinski definition) is 2. The average Bonchev–Trinajstić information content (AvgIpc) is 3.14. The molecular formula is C21H24N2O4. The Bertz CT molecular complexity index is 790. The number of benzene rings is 2. The summed E-state index contributed by atoms with van der Waals surface area (Å²) < 4.78 is 11.3. The Morgan fingerprint density at radius 3 is 2.63 bits per heavy atom. The second kappa shape index (κ2) is 8.68. The first-order valence-corrected chi connectivity index (χ1v) is 9.00. The Morgan fingerprint density at radius 2 is 1.96 bits per heavy atom. The largest absolute Gasteiger partial charge is 0.494 e. The number of carbonyl (C=O) groups excluding carboxylic acids is 1. The predicted molar refractivity (Wildman–Crippen MR) is 103 cm³/mol. The molecule has 1 aliphatic rings. The lowest BCUT2D eigenvalue weighted by atomic mass is 9.91. The van der Waals surface area contributed by atoms with Gasteiger partial charge in [-0.2, -0.15) is 0 Å². The Balaban J connectivity index is 1.79. The summed E-state index contributed by atoms with van der Waals surface area (Å²) in [6, 6.07) is 17.2. The SMILES string of the molecule is CNC(=O)[C@@]1(Cc2ccccc2)COC(c2ccc(OCCCO)cc2)=N1. The zero-order chi connectivity index (χ0) is 19.1. The first-order valence-electron chi connectivity index (χ1n) is 9.00. The van der Waals surface area contributed by atoms with Crippen LogP contribution in [0.4, 0.5) is 0 Å². The smallest absolute Gasteiger partial charge is 0.251 e. The number of likely N-dealkylation sites (N-methyl/N-ethyl adjacent to an activating group) is 1. The van der Waals surface area contributed by atoms with Crippen LogP contribution in [-0.4, -0.2) is 49.3 Å². The third kappa shape index (κ3) is 4.46. The van der Waals surface area contributed by atoms with Gasteiger partial charge in [-0.15, -0.1) is 0 Å². The molecule has 0 aliphatic carbocycles. The Morgan fingerprint density at radius 1 is 1.22 bits per heavy atom. The van der Waals surface area contributed by atoms with Gasteiger partial charge in [-0.3, -0.25) is 4.79 Å². The van der Waals surface area contributed by atoms with Crippen molar-refractivity contribution < 1.29 is 19.4 Å². The van der Waals surface area contributed by atoms with Gasteiger partial charge < -0.3 is 19.9 Å². The summed E-state index contributed by atoms with van der Waals surface area (Å²) in [4.78, 5) is 17.2. The van der Waals surface area contributed by atoms with Crippen LogP contribution in [0.1, 0.15) is 17.5 Å². The van der Waals surface area contributed by atoms with Gasteiger partial charge in [0, 0.05) is 32.1 Å². The average molecular weight is 368 g/mol. The molecule has 1 amide bonds. The molecule has 2 aromatic rings. The molecule has 0 radical (unpaired) electrons. The summed E-state index contributed by atoms with van der Waals surface area (Å²) in [6.45, 7) is 0.765. The number of rotatable bonds is 8. The maximum Gasteiger partial charge on any atom is 0.251 e. The fourth-order valence-corrected chi connectivity index (χ4v) is 3.00. The fraction of sp³-hybridized carbons (Fsp3) is 0.333. The van der Waals surface area contributed by atoms with Crippen molar-refractivity contribution in [2.24, 2.45) is 4.99 Å². The van der Waals surface area contributed by atoms with Crippen LogP contribution in [0.15, 0.2) is 59.6 Å². The van der Waals surface area contributed by atoms with Gasteiger partial charge in [0.05, 0.1) is 6.61 Å². The van der Waals surface area contributed by atoms with Gasteiger partial charge in [-0.25, -0.2) is 4.99 Å². The van der Waals surface area contributed by atoms with Crippen LogP contribution in [0.3, 0.4) is 0 Å². The van der Waals surface area contributed by atoms with Crippen molar-refractivity contribution >= 4 is 11.8 Å². The highest BCUT2D eigenvalue weighted by Gasteiger charge is 2.43. The minimum Gasteiger partial charge on any atom is -0.494 e. The lowest BCUT2D eigenvalue weighted by Gasteiger charge is -2.22. The van der Waals surface area contributed by atoms with Crippen molar-refractivity contribution in [3.8, 4) is 5.75 Å². The van der Waals surface area contributed by atoms with Gasteiger partial charge in [0.2, 0.25) is 5.90 Å². The number of aliphatic imine (C=N–C) groups is 1. The molecule has 6 nitrogen and oxygen atoms in total. The van der Waals surface area contributed by atoms with Gasteiger partial charge in [0.1, 0.15) is 12.4 Å². The Hall–Kier alpha value is -2.86. The molecule has 1 aliphatic heterocycles. The number of aliphatic hydroxyl groups excluding tert-OH is 1. The molecule has 0 fully saturated rings. The molecule has 6 heteroatoms. The molecule has 0 unspecified atom stereocenters. The fourth-order valence-electron chi connectivity index (χ4n) is 3.00. The van der Waals surface area contributed by atoms with Crippen LogP contribution in [0.2, 0.25) is 0 Å². The summed E-state index contributed by atoms with van der Waals surface area (Å²) in [6.07, 6.45) is 1.06. The number of hydrogen-bond acceptors (Lipinski definition) is 5. The summed E-state index contributed by atoms with van der Waals surface area (Å²) in [5.74, 6) is 1.01. The first kappa shape index (κ1) is 18.9. The number of carbonyl (C=O) groups is 1. The molecule has 1 atom stereocenters. The summed E-state index contributed by atoms with van der Waals surface area (Å²) in [7, 11) is 1.61. The summed E-state index contributed by atoms with van der Waals surface area (Å²) in [5.41, 5.74) is 0.854. The normalized spacial score (nSPS) is 18.5. The van der Waals surface area contributed by atoms with E-state index < -0.39 is 5.54 Å². The standard InChI is InChI=1S/C21H24N2O4/c1-22-20(25)21(14-16-6-3-2-4-7-16)15-27-19(23-21)17-8-10-18(11-9-17)26-13-5-12-24/h2-4,6-11,24H,5,12-15H2,1H3,(H,22,25)/t21-/m1/s1. The molecule has 0 saturated heterocycles. The number of nitrogens with zero attached hydrogens (tertiary/aromatic N) is 1. The van der Waals surface area contributed by atoms with Crippen LogP contribution in [0.5, 0.6) is 5.75 Å². The molecule has 27 heavy (non-hydrogen) atoms. The number of nitrogens with one attached hydrogen (secondary N) is 1. The lowest BCUT2D eigenvalue weighted by Crippen LogP contribution is -2.47. The van der Waals surface area contributed by atoms with E-state index in [4.69, 9.17) is 14.6 Å². The first-order chi connectivity index (χ1) is 13.2. The molecule has 0 aromatic heterocycles. The molecule has 3 rings (SSSR count). The van der Waals surface area contributed by atoms with Crippen LogP contribution in [0, 0.1) is 0 Å². The van der Waals surface area contributed by atoms with Crippen LogP contribution >= 0.6 is 0 Å². The van der Waals surface area contributed by atoms with Gasteiger partial charge in [0.15, 0.2) is 5.54 Å². The monoisotopic (exact) mass is 368 g/mol. The zero-order valence-corrected chi connectivity index (χ0v) is 15.4. The minimum absolute atomic E-state index is 0.103. The zero-order valence-electron chi connectivity index (χ0n) is 15.4. The molecule has 0 spiro atoms. The Labute approximate surface area is 158 Å². The van der Waals surface area contributed by atoms with Crippen LogP contribution in [0.25, 0.3) is 0 Å². The topological polar surface area (TPSA) is 80.2 Å². The second-order valence-electron chi connectivity index (χ2n) is 6.43. The lowest BCUT2D eigenvalue weighted by molar-refractivity contribution is -0.126. The number of amides is 1. The predicted octanol–water partition coefficient (Wildman–Crippen LogP) is 1.95. The van der Waals surface area contributed by atoms with Crippen molar-refractivity contribution in [2.45, 2.75) is 18.4 Å². The van der Waals surface area contributed by atoms with Crippen LogP contribution < -0.4 is 10.1 Å². The van der Waals surface area contributed by atoms with Gasteiger partial charge in [-0.1, -0.05) is 30.3 Å². The van der Waals surface area contributed by atoms with E-state index in [1.54, 1.807) is 7.05 Å². The van der Waals surface area contributed by atoms with Crippen molar-refractivity contribution in [1.82, 2.24) is 5.32 Å². The molecular weight excluding hydrogens is 344 g/mol. The van der Waals surface area contributed by atoms with E-state index in [0.717, 1.165) is 11.1 Å². The quantitative estimate of drug-likeness (QED) is 0.698. The molecule has 0 bridgehead atoms. The van der Waals surface area contributed by atoms with Gasteiger partial charge >= 0.3 is 0 Å². The van der Waals surface area contributed by atoms with Crippen molar-refractivity contribution in [1.29, 1.82) is 0 Å². The third-order valence-electron chi connectivity index (χ3n) is 4.42. The van der Waals surface area contributed by atoms with E-state index in [2.05, 4.69) is 10.3 Å². The van der Waals surface area contributed by atoms with E-state index >= 15 is 0 Å². The highest BCUT2D eigenvalue weighted by molar-refractivity contribution is 6.00.